The van der Waals surface area contributed by atoms with Crippen LogP contribution in [0.5, 0.6) is 11.6 Å². The number of carbonyl (C=O) groups is 1. The van der Waals surface area contributed by atoms with Gasteiger partial charge in [0, 0.05) is 6.07 Å². The normalized spacial score (nSPS) is 20.8. The van der Waals surface area contributed by atoms with Crippen LogP contribution in [0.3, 0.4) is 0 Å². The zero-order valence-electron chi connectivity index (χ0n) is 15.7. The van der Waals surface area contributed by atoms with E-state index in [0.29, 0.717) is 23.4 Å². The van der Waals surface area contributed by atoms with Gasteiger partial charge in [0.15, 0.2) is 5.83 Å². The number of benzene rings is 1. The van der Waals surface area contributed by atoms with Crippen molar-refractivity contribution in [3.63, 3.8) is 0 Å². The number of hydrogen-bond donors (Lipinski definition) is 0. The van der Waals surface area contributed by atoms with Crippen LogP contribution in [0.1, 0.15) is 19.5 Å². The van der Waals surface area contributed by atoms with E-state index in [2.05, 4.69) is 4.98 Å². The first-order valence-corrected chi connectivity index (χ1v) is 8.89. The van der Waals surface area contributed by atoms with E-state index in [1.54, 1.807) is 44.2 Å². The first kappa shape index (κ1) is 20.8. The van der Waals surface area contributed by atoms with Gasteiger partial charge in [-0.15, -0.1) is 0 Å². The monoisotopic (exact) mass is 409 g/mol. The van der Waals surface area contributed by atoms with E-state index in [4.69, 9.17) is 9.47 Å². The predicted octanol–water partition coefficient (Wildman–Crippen LogP) is 5.61. The SMILES string of the molecule is CC1(C)[C@H](/C=C(\F)C(F)(F)F)[C@@H]1C(=O)OCc1cccc(Oc2ccccc2)n1. The molecule has 4 nitrogen and oxygen atoms in total. The number of aromatic nitrogens is 1. The number of halogens is 4. The molecule has 1 heterocycles. The molecule has 154 valence electrons. The van der Waals surface area contributed by atoms with Crippen molar-refractivity contribution in [1.29, 1.82) is 0 Å². The number of rotatable bonds is 6. The van der Waals surface area contributed by atoms with Gasteiger partial charge < -0.3 is 9.47 Å². The second-order valence-electron chi connectivity index (χ2n) is 7.33. The lowest BCUT2D eigenvalue weighted by molar-refractivity contribution is -0.147. The van der Waals surface area contributed by atoms with Crippen molar-refractivity contribution in [3.05, 3.63) is 66.1 Å². The first-order valence-electron chi connectivity index (χ1n) is 8.89. The van der Waals surface area contributed by atoms with Crippen molar-refractivity contribution in [3.8, 4) is 11.6 Å². The molecule has 0 amide bonds. The van der Waals surface area contributed by atoms with Crippen LogP contribution >= 0.6 is 0 Å². The van der Waals surface area contributed by atoms with Crippen molar-refractivity contribution < 1.29 is 31.8 Å². The van der Waals surface area contributed by atoms with E-state index in [1.165, 1.54) is 0 Å². The van der Waals surface area contributed by atoms with Crippen LogP contribution in [0.15, 0.2) is 60.4 Å². The Kier molecular flexibility index (Phi) is 5.64. The van der Waals surface area contributed by atoms with Gasteiger partial charge in [-0.1, -0.05) is 38.1 Å². The topological polar surface area (TPSA) is 48.4 Å². The fraction of sp³-hybridized carbons (Fsp3) is 0.333. The summed E-state index contributed by atoms with van der Waals surface area (Å²) in [5.41, 5.74) is -0.399. The Labute approximate surface area is 165 Å². The van der Waals surface area contributed by atoms with Gasteiger partial charge in [-0.05, 0) is 35.6 Å². The maximum absolute atomic E-state index is 13.2. The Morgan fingerprint density at radius 1 is 1.14 bits per heavy atom. The number of ether oxygens (including phenoxy) is 2. The Bertz CT molecular complexity index is 910. The number of para-hydroxylation sites is 1. The summed E-state index contributed by atoms with van der Waals surface area (Å²) in [6.45, 7) is 3.02. The Hall–Kier alpha value is -2.90. The molecule has 1 aromatic heterocycles. The summed E-state index contributed by atoms with van der Waals surface area (Å²) >= 11 is 0. The van der Waals surface area contributed by atoms with Crippen LogP contribution in [-0.2, 0) is 16.1 Å². The van der Waals surface area contributed by atoms with Gasteiger partial charge in [-0.25, -0.2) is 9.37 Å². The molecule has 8 heteroatoms. The number of nitrogens with zero attached hydrogens (tertiary/aromatic N) is 1. The summed E-state index contributed by atoms with van der Waals surface area (Å²) in [4.78, 5) is 16.5. The lowest BCUT2D eigenvalue weighted by Crippen LogP contribution is -2.11. The lowest BCUT2D eigenvalue weighted by atomic mass is 10.1. The minimum absolute atomic E-state index is 0.171. The summed E-state index contributed by atoms with van der Waals surface area (Å²) < 4.78 is 61.2. The third-order valence-corrected chi connectivity index (χ3v) is 4.87. The Morgan fingerprint density at radius 2 is 1.83 bits per heavy atom. The predicted molar refractivity (Wildman–Crippen MR) is 96.6 cm³/mol. The van der Waals surface area contributed by atoms with Crippen molar-refractivity contribution >= 4 is 5.97 Å². The van der Waals surface area contributed by atoms with Gasteiger partial charge >= 0.3 is 12.1 Å². The molecule has 0 radical (unpaired) electrons. The average molecular weight is 409 g/mol. The number of esters is 1. The molecule has 3 rings (SSSR count). The quantitative estimate of drug-likeness (QED) is 0.460. The average Bonchev–Trinajstić information content (AvgIpc) is 3.20. The standard InChI is InChI=1S/C21H19F4NO3/c1-20(2)15(11-16(22)21(23,24)25)18(20)19(27)28-12-13-7-6-10-17(26-13)29-14-8-4-3-5-9-14/h3-11,15,18H,12H2,1-2H3/b16-11-/t15-,18-/m1/s1. The molecule has 2 atom stereocenters. The molecule has 1 aromatic carbocycles. The molecule has 0 saturated heterocycles. The molecule has 0 spiro atoms. The Morgan fingerprint density at radius 3 is 2.48 bits per heavy atom. The largest absolute Gasteiger partial charge is 0.459 e. The number of hydrogen-bond acceptors (Lipinski definition) is 4. The van der Waals surface area contributed by atoms with Crippen LogP contribution in [0.25, 0.3) is 0 Å². The van der Waals surface area contributed by atoms with E-state index >= 15 is 0 Å². The number of allylic oxidation sites excluding steroid dienone is 2. The van der Waals surface area contributed by atoms with Crippen molar-refractivity contribution in [2.24, 2.45) is 17.3 Å². The molecule has 0 unspecified atom stereocenters. The third kappa shape index (κ3) is 4.93. The molecule has 1 aliphatic carbocycles. The minimum atomic E-state index is -5.06. The zero-order chi connectivity index (χ0) is 21.2. The van der Waals surface area contributed by atoms with E-state index in [-0.39, 0.29) is 6.61 Å². The highest BCUT2D eigenvalue weighted by Gasteiger charge is 2.62. The highest BCUT2D eigenvalue weighted by atomic mass is 19.4. The fourth-order valence-electron chi connectivity index (χ4n) is 3.13. The minimum Gasteiger partial charge on any atom is -0.459 e. The smallest absolute Gasteiger partial charge is 0.442 e. The van der Waals surface area contributed by atoms with E-state index in [0.717, 1.165) is 0 Å². The lowest BCUT2D eigenvalue weighted by Gasteiger charge is -2.08. The molecule has 0 N–H and O–H groups in total. The van der Waals surface area contributed by atoms with Crippen LogP contribution in [-0.4, -0.2) is 17.1 Å². The van der Waals surface area contributed by atoms with Crippen LogP contribution < -0.4 is 4.74 Å². The summed E-state index contributed by atoms with van der Waals surface area (Å²) in [5, 5.41) is 0. The van der Waals surface area contributed by atoms with E-state index < -0.39 is 35.2 Å². The molecule has 2 aromatic rings. The second-order valence-corrected chi connectivity index (χ2v) is 7.33. The maximum atomic E-state index is 13.2. The summed E-state index contributed by atoms with van der Waals surface area (Å²) in [6, 6.07) is 13.9. The van der Waals surface area contributed by atoms with Gasteiger partial charge in [0.05, 0.1) is 11.6 Å². The fourth-order valence-corrected chi connectivity index (χ4v) is 3.13. The highest BCUT2D eigenvalue weighted by molar-refractivity contribution is 5.78. The summed E-state index contributed by atoms with van der Waals surface area (Å²) in [7, 11) is 0. The van der Waals surface area contributed by atoms with E-state index in [1.807, 2.05) is 18.2 Å². The van der Waals surface area contributed by atoms with Gasteiger partial charge in [0.25, 0.3) is 0 Å². The maximum Gasteiger partial charge on any atom is 0.442 e. The Balaban J connectivity index is 1.60. The number of pyridine rings is 1. The molecule has 29 heavy (non-hydrogen) atoms. The van der Waals surface area contributed by atoms with Crippen LogP contribution in [0, 0.1) is 17.3 Å². The van der Waals surface area contributed by atoms with Crippen molar-refractivity contribution in [2.45, 2.75) is 26.6 Å². The first-order chi connectivity index (χ1) is 13.6. The van der Waals surface area contributed by atoms with Crippen LogP contribution in [0.4, 0.5) is 17.6 Å². The highest BCUT2D eigenvalue weighted by Crippen LogP contribution is 2.60. The molecular formula is C21H19F4NO3. The molecule has 0 aliphatic heterocycles. The van der Waals surface area contributed by atoms with Crippen molar-refractivity contribution in [1.82, 2.24) is 4.98 Å². The zero-order valence-corrected chi connectivity index (χ0v) is 15.7. The molecular weight excluding hydrogens is 390 g/mol. The van der Waals surface area contributed by atoms with Gasteiger partial charge in [-0.3, -0.25) is 4.79 Å². The number of alkyl halides is 3. The third-order valence-electron chi connectivity index (χ3n) is 4.87. The van der Waals surface area contributed by atoms with Gasteiger partial charge in [-0.2, -0.15) is 13.2 Å². The van der Waals surface area contributed by atoms with Gasteiger partial charge in [0.2, 0.25) is 5.88 Å². The van der Waals surface area contributed by atoms with E-state index in [9.17, 15) is 22.4 Å². The summed E-state index contributed by atoms with van der Waals surface area (Å²) in [6.07, 6.45) is -4.60. The van der Waals surface area contributed by atoms with Crippen LogP contribution in [0.2, 0.25) is 0 Å². The number of carbonyl (C=O) groups excluding carboxylic acids is 1. The summed E-state index contributed by atoms with van der Waals surface area (Å²) in [5.74, 6) is -3.71. The van der Waals surface area contributed by atoms with Crippen molar-refractivity contribution in [2.75, 3.05) is 0 Å². The molecule has 1 aliphatic rings. The molecule has 1 saturated carbocycles. The second kappa shape index (κ2) is 7.85. The molecule has 0 bridgehead atoms. The van der Waals surface area contributed by atoms with Gasteiger partial charge in [0.1, 0.15) is 12.4 Å². The molecule has 1 fully saturated rings.